The normalized spacial score (nSPS) is 17.2. The lowest BCUT2D eigenvalue weighted by Gasteiger charge is -2.14. The first-order chi connectivity index (χ1) is 12.6. The average molecular weight is 378 g/mol. The van der Waals surface area contributed by atoms with Crippen molar-refractivity contribution in [3.63, 3.8) is 0 Å². The van der Waals surface area contributed by atoms with Gasteiger partial charge in [0.15, 0.2) is 5.96 Å². The summed E-state index contributed by atoms with van der Waals surface area (Å²) in [6, 6.07) is 7.72. The first kappa shape index (κ1) is 20.4. The Morgan fingerprint density at radius 2 is 2.04 bits per heavy atom. The molecule has 2 rings (SSSR count). The summed E-state index contributed by atoms with van der Waals surface area (Å²) in [5.74, 6) is 2.13. The van der Waals surface area contributed by atoms with Crippen molar-refractivity contribution < 1.29 is 4.79 Å². The minimum absolute atomic E-state index is 0.114. The third kappa shape index (κ3) is 7.56. The van der Waals surface area contributed by atoms with Crippen LogP contribution in [-0.2, 0) is 6.54 Å². The van der Waals surface area contributed by atoms with Crippen molar-refractivity contribution in [3.05, 3.63) is 29.8 Å². The van der Waals surface area contributed by atoms with Crippen molar-refractivity contribution in [3.8, 4) is 0 Å². The van der Waals surface area contributed by atoms with E-state index in [0.29, 0.717) is 11.8 Å². The lowest BCUT2D eigenvalue weighted by Crippen LogP contribution is -2.40. The number of carbonyl (C=O) groups excluding carboxylic acids is 1. The average Bonchev–Trinajstić information content (AvgIpc) is 3.11. The van der Waals surface area contributed by atoms with Gasteiger partial charge in [-0.1, -0.05) is 12.1 Å². The summed E-state index contributed by atoms with van der Waals surface area (Å²) in [4.78, 5) is 16.4. The number of hydrogen-bond acceptors (Lipinski definition) is 3. The van der Waals surface area contributed by atoms with Crippen molar-refractivity contribution in [2.75, 3.05) is 24.2 Å². The fraction of sp³-hybridized carbons (Fsp3) is 0.579. The van der Waals surface area contributed by atoms with Gasteiger partial charge in [-0.2, -0.15) is 11.8 Å². The summed E-state index contributed by atoms with van der Waals surface area (Å²) in [7, 11) is 0. The second kappa shape index (κ2) is 11.0. The SMILES string of the molecule is CCNC(=NCc1ccc(NC(=O)NC(C)C)cc1)NCC1CCCS1. The molecule has 1 atom stereocenters. The van der Waals surface area contributed by atoms with E-state index in [1.165, 1.54) is 18.6 Å². The summed E-state index contributed by atoms with van der Waals surface area (Å²) in [6.07, 6.45) is 2.61. The predicted molar refractivity (Wildman–Crippen MR) is 112 cm³/mol. The molecule has 26 heavy (non-hydrogen) atoms. The zero-order chi connectivity index (χ0) is 18.8. The van der Waals surface area contributed by atoms with Crippen LogP contribution < -0.4 is 21.3 Å². The van der Waals surface area contributed by atoms with E-state index in [0.717, 1.165) is 30.3 Å². The van der Waals surface area contributed by atoms with Crippen LogP contribution in [0.1, 0.15) is 39.2 Å². The number of guanidine groups is 1. The van der Waals surface area contributed by atoms with E-state index in [4.69, 9.17) is 0 Å². The van der Waals surface area contributed by atoms with E-state index < -0.39 is 0 Å². The van der Waals surface area contributed by atoms with Crippen molar-refractivity contribution in [1.82, 2.24) is 16.0 Å². The number of amides is 2. The van der Waals surface area contributed by atoms with Crippen molar-refractivity contribution in [1.29, 1.82) is 0 Å². The molecule has 1 saturated heterocycles. The van der Waals surface area contributed by atoms with Gasteiger partial charge in [-0.15, -0.1) is 0 Å². The molecule has 0 aromatic heterocycles. The summed E-state index contributed by atoms with van der Waals surface area (Å²) >= 11 is 2.04. The quantitative estimate of drug-likeness (QED) is 0.435. The van der Waals surface area contributed by atoms with Crippen LogP contribution in [0.15, 0.2) is 29.3 Å². The van der Waals surface area contributed by atoms with Crippen LogP contribution in [0.4, 0.5) is 10.5 Å². The number of rotatable bonds is 7. The Labute approximate surface area is 161 Å². The number of carbonyl (C=O) groups is 1. The lowest BCUT2D eigenvalue weighted by atomic mass is 10.2. The Hall–Kier alpha value is -1.89. The molecular formula is C19H31N5OS. The van der Waals surface area contributed by atoms with E-state index in [9.17, 15) is 4.79 Å². The highest BCUT2D eigenvalue weighted by Gasteiger charge is 2.15. The number of aliphatic imine (C=N–C) groups is 1. The summed E-state index contributed by atoms with van der Waals surface area (Å²) < 4.78 is 0. The van der Waals surface area contributed by atoms with Gasteiger partial charge in [-0.3, -0.25) is 0 Å². The Kier molecular flexibility index (Phi) is 8.61. The highest BCUT2D eigenvalue weighted by Crippen LogP contribution is 2.25. The third-order valence-corrected chi connectivity index (χ3v) is 5.31. The standard InChI is InChI=1S/C19H31N5OS/c1-4-20-18(22-13-17-6-5-11-26-17)21-12-15-7-9-16(10-8-15)24-19(25)23-14(2)3/h7-10,14,17H,4-6,11-13H2,1-3H3,(H2,20,21,22)(H2,23,24,25). The molecule has 7 heteroatoms. The second-order valence-electron chi connectivity index (χ2n) is 6.66. The number of nitrogens with one attached hydrogen (secondary N) is 4. The molecule has 1 unspecified atom stereocenters. The molecule has 144 valence electrons. The van der Waals surface area contributed by atoms with Crippen LogP contribution in [0.5, 0.6) is 0 Å². The van der Waals surface area contributed by atoms with Gasteiger partial charge < -0.3 is 21.3 Å². The molecule has 1 aliphatic rings. The maximum Gasteiger partial charge on any atom is 0.319 e. The number of benzene rings is 1. The van der Waals surface area contributed by atoms with Crippen LogP contribution >= 0.6 is 11.8 Å². The smallest absolute Gasteiger partial charge is 0.319 e. The van der Waals surface area contributed by atoms with E-state index in [1.54, 1.807) is 0 Å². The number of urea groups is 1. The Morgan fingerprint density at radius 1 is 1.27 bits per heavy atom. The molecule has 0 spiro atoms. The monoisotopic (exact) mass is 377 g/mol. The fourth-order valence-corrected chi connectivity index (χ4v) is 3.85. The highest BCUT2D eigenvalue weighted by molar-refractivity contribution is 8.00. The largest absolute Gasteiger partial charge is 0.357 e. The summed E-state index contributed by atoms with van der Waals surface area (Å²) in [6.45, 7) is 8.35. The van der Waals surface area contributed by atoms with Gasteiger partial charge in [0.1, 0.15) is 0 Å². The lowest BCUT2D eigenvalue weighted by molar-refractivity contribution is 0.250. The Balaban J connectivity index is 1.84. The van der Waals surface area contributed by atoms with Gasteiger partial charge in [0.2, 0.25) is 0 Å². The van der Waals surface area contributed by atoms with Gasteiger partial charge in [0.05, 0.1) is 6.54 Å². The third-order valence-electron chi connectivity index (χ3n) is 3.92. The van der Waals surface area contributed by atoms with Crippen LogP contribution in [0.3, 0.4) is 0 Å². The van der Waals surface area contributed by atoms with Crippen LogP contribution in [0.25, 0.3) is 0 Å². The van der Waals surface area contributed by atoms with Crippen LogP contribution in [-0.4, -0.2) is 42.1 Å². The van der Waals surface area contributed by atoms with Crippen LogP contribution in [0.2, 0.25) is 0 Å². The molecule has 6 nitrogen and oxygen atoms in total. The molecule has 1 aromatic carbocycles. The molecule has 1 heterocycles. The topological polar surface area (TPSA) is 77.5 Å². The van der Waals surface area contributed by atoms with E-state index in [1.807, 2.05) is 49.9 Å². The molecule has 0 saturated carbocycles. The predicted octanol–water partition coefficient (Wildman–Crippen LogP) is 3.17. The van der Waals surface area contributed by atoms with Gasteiger partial charge in [-0.05, 0) is 57.1 Å². The number of anilines is 1. The molecular weight excluding hydrogens is 346 g/mol. The first-order valence-corrected chi connectivity index (χ1v) is 10.4. The van der Waals surface area contributed by atoms with Gasteiger partial charge >= 0.3 is 6.03 Å². The summed E-state index contributed by atoms with van der Waals surface area (Å²) in [5.41, 5.74) is 1.88. The first-order valence-electron chi connectivity index (χ1n) is 9.37. The Bertz CT molecular complexity index is 582. The maximum absolute atomic E-state index is 11.7. The number of nitrogens with zero attached hydrogens (tertiary/aromatic N) is 1. The fourth-order valence-electron chi connectivity index (χ4n) is 2.65. The maximum atomic E-state index is 11.7. The van der Waals surface area contributed by atoms with Gasteiger partial charge in [0.25, 0.3) is 0 Å². The number of thioether (sulfide) groups is 1. The van der Waals surface area contributed by atoms with Crippen molar-refractivity contribution in [2.24, 2.45) is 4.99 Å². The van der Waals surface area contributed by atoms with Crippen molar-refractivity contribution in [2.45, 2.75) is 51.4 Å². The zero-order valence-corrected chi connectivity index (χ0v) is 16.8. The van der Waals surface area contributed by atoms with E-state index in [2.05, 4.69) is 33.2 Å². The second-order valence-corrected chi connectivity index (χ2v) is 8.07. The Morgan fingerprint density at radius 3 is 2.65 bits per heavy atom. The van der Waals surface area contributed by atoms with E-state index >= 15 is 0 Å². The van der Waals surface area contributed by atoms with Crippen LogP contribution in [0, 0.1) is 0 Å². The van der Waals surface area contributed by atoms with Gasteiger partial charge in [-0.25, -0.2) is 9.79 Å². The molecule has 1 fully saturated rings. The van der Waals surface area contributed by atoms with Gasteiger partial charge in [0, 0.05) is 30.1 Å². The van der Waals surface area contributed by atoms with Crippen molar-refractivity contribution >= 4 is 29.4 Å². The highest BCUT2D eigenvalue weighted by atomic mass is 32.2. The molecule has 0 radical (unpaired) electrons. The molecule has 1 aliphatic heterocycles. The summed E-state index contributed by atoms with van der Waals surface area (Å²) in [5, 5.41) is 13.1. The number of hydrogen-bond donors (Lipinski definition) is 4. The zero-order valence-electron chi connectivity index (χ0n) is 16.0. The molecule has 1 aromatic rings. The minimum atomic E-state index is -0.186. The molecule has 0 bridgehead atoms. The minimum Gasteiger partial charge on any atom is -0.357 e. The molecule has 2 amide bonds. The molecule has 4 N–H and O–H groups in total. The van der Waals surface area contributed by atoms with E-state index in [-0.39, 0.29) is 12.1 Å². The molecule has 0 aliphatic carbocycles.